The van der Waals surface area contributed by atoms with Gasteiger partial charge in [-0.05, 0) is 25.0 Å². The van der Waals surface area contributed by atoms with E-state index in [1.54, 1.807) is 0 Å². The summed E-state index contributed by atoms with van der Waals surface area (Å²) in [5.41, 5.74) is 2.43. The number of aryl methyl sites for hydroxylation is 1. The minimum Gasteiger partial charge on any atom is -0.375 e. The third-order valence-corrected chi connectivity index (χ3v) is 4.18. The largest absolute Gasteiger partial charge is 0.375 e. The Bertz CT molecular complexity index is 499. The molecule has 0 aliphatic carbocycles. The minimum absolute atomic E-state index is 0.0175. The highest BCUT2D eigenvalue weighted by molar-refractivity contribution is 5.82. The maximum Gasteiger partial charge on any atom is 0.239 e. The van der Waals surface area contributed by atoms with Gasteiger partial charge in [-0.1, -0.05) is 38.1 Å². The summed E-state index contributed by atoms with van der Waals surface area (Å²) < 4.78 is 5.52. The van der Waals surface area contributed by atoms with Crippen LogP contribution in [0.2, 0.25) is 0 Å². The van der Waals surface area contributed by atoms with Crippen LogP contribution in [0.15, 0.2) is 24.3 Å². The maximum atomic E-state index is 12.3. The van der Waals surface area contributed by atoms with Gasteiger partial charge in [0.1, 0.15) is 6.04 Å². The highest BCUT2D eigenvalue weighted by Crippen LogP contribution is 2.25. The molecule has 0 radical (unpaired) electrons. The third-order valence-electron chi connectivity index (χ3n) is 4.18. The molecule has 2 N–H and O–H groups in total. The lowest BCUT2D eigenvalue weighted by Crippen LogP contribution is -2.56. The Labute approximate surface area is 127 Å². The zero-order chi connectivity index (χ0) is 15.5. The van der Waals surface area contributed by atoms with Crippen molar-refractivity contribution in [3.63, 3.8) is 0 Å². The molecular weight excluding hydrogens is 264 g/mol. The lowest BCUT2D eigenvalue weighted by atomic mass is 9.82. The van der Waals surface area contributed by atoms with Crippen LogP contribution in [0.3, 0.4) is 0 Å². The molecule has 4 nitrogen and oxygen atoms in total. The van der Waals surface area contributed by atoms with E-state index in [2.05, 4.69) is 43.5 Å². The van der Waals surface area contributed by atoms with E-state index in [1.165, 1.54) is 11.1 Å². The van der Waals surface area contributed by atoms with Crippen LogP contribution in [0.25, 0.3) is 0 Å². The number of benzene rings is 1. The van der Waals surface area contributed by atoms with Gasteiger partial charge in [-0.15, -0.1) is 0 Å². The van der Waals surface area contributed by atoms with E-state index in [0.717, 1.165) is 6.54 Å². The van der Waals surface area contributed by atoms with Crippen molar-refractivity contribution in [1.82, 2.24) is 10.6 Å². The number of morpholine rings is 1. The van der Waals surface area contributed by atoms with Crippen molar-refractivity contribution in [1.29, 1.82) is 0 Å². The molecule has 0 spiro atoms. The van der Waals surface area contributed by atoms with Gasteiger partial charge in [-0.3, -0.25) is 4.79 Å². The maximum absolute atomic E-state index is 12.3. The van der Waals surface area contributed by atoms with Gasteiger partial charge in [-0.2, -0.15) is 0 Å². The van der Waals surface area contributed by atoms with Crippen molar-refractivity contribution < 1.29 is 9.53 Å². The average Bonchev–Trinajstić information content (AvgIpc) is 2.45. The zero-order valence-corrected chi connectivity index (χ0v) is 13.4. The number of carbonyl (C=O) groups is 1. The zero-order valence-electron chi connectivity index (χ0n) is 13.4. The van der Waals surface area contributed by atoms with Crippen molar-refractivity contribution in [2.45, 2.75) is 45.3 Å². The van der Waals surface area contributed by atoms with E-state index in [4.69, 9.17) is 4.74 Å². The summed E-state index contributed by atoms with van der Waals surface area (Å²) in [6.45, 7) is 10.4. The number of amides is 1. The number of rotatable bonds is 4. The van der Waals surface area contributed by atoms with Crippen LogP contribution in [0, 0.1) is 6.92 Å². The first-order valence-electron chi connectivity index (χ1n) is 7.60. The van der Waals surface area contributed by atoms with Gasteiger partial charge in [0.2, 0.25) is 5.91 Å². The Morgan fingerprint density at radius 2 is 2.14 bits per heavy atom. The Morgan fingerprint density at radius 1 is 1.43 bits per heavy atom. The first-order valence-corrected chi connectivity index (χ1v) is 7.60. The molecule has 1 amide bonds. The van der Waals surface area contributed by atoms with Crippen LogP contribution in [0.1, 0.15) is 31.9 Å². The molecule has 1 heterocycles. The normalized spacial score (nSPS) is 22.9. The van der Waals surface area contributed by atoms with Crippen molar-refractivity contribution in [3.8, 4) is 0 Å². The molecule has 21 heavy (non-hydrogen) atoms. The van der Waals surface area contributed by atoms with Crippen molar-refractivity contribution in [2.24, 2.45) is 0 Å². The van der Waals surface area contributed by atoms with Gasteiger partial charge in [-0.25, -0.2) is 0 Å². The van der Waals surface area contributed by atoms with Crippen molar-refractivity contribution >= 4 is 5.91 Å². The van der Waals surface area contributed by atoms with E-state index in [0.29, 0.717) is 13.2 Å². The van der Waals surface area contributed by atoms with E-state index >= 15 is 0 Å². The lowest BCUT2D eigenvalue weighted by Gasteiger charge is -2.32. The fraction of sp³-hybridized carbons (Fsp3) is 0.588. The molecule has 0 bridgehead atoms. The van der Waals surface area contributed by atoms with Gasteiger partial charge in [0.05, 0.1) is 12.7 Å². The second-order valence-corrected chi connectivity index (χ2v) is 6.42. The first kappa shape index (κ1) is 16.0. The molecule has 1 aliphatic heterocycles. The molecule has 0 saturated carbocycles. The van der Waals surface area contributed by atoms with Crippen LogP contribution in [-0.2, 0) is 14.9 Å². The quantitative estimate of drug-likeness (QED) is 0.888. The van der Waals surface area contributed by atoms with E-state index < -0.39 is 0 Å². The number of carbonyl (C=O) groups excluding carboxylic acids is 1. The standard InChI is InChI=1S/C17H26N2O2/c1-12-7-5-6-8-14(12)17(3,4)11-19-16(20)15-13(2)21-10-9-18-15/h5-8,13,15,18H,9-11H2,1-4H3,(H,19,20)/t13-,15+/m1/s1. The predicted octanol–water partition coefficient (Wildman–Crippen LogP) is 1.77. The molecule has 1 aromatic rings. The van der Waals surface area contributed by atoms with Crippen LogP contribution in [0.5, 0.6) is 0 Å². The molecule has 1 saturated heterocycles. The molecule has 116 valence electrons. The van der Waals surface area contributed by atoms with Gasteiger partial charge in [0, 0.05) is 18.5 Å². The number of nitrogens with one attached hydrogen (secondary N) is 2. The van der Waals surface area contributed by atoms with Crippen LogP contribution in [-0.4, -0.2) is 37.7 Å². The molecular formula is C17H26N2O2. The smallest absolute Gasteiger partial charge is 0.239 e. The third kappa shape index (κ3) is 3.83. The lowest BCUT2D eigenvalue weighted by molar-refractivity contribution is -0.129. The van der Waals surface area contributed by atoms with E-state index in [-0.39, 0.29) is 23.5 Å². The summed E-state index contributed by atoms with van der Waals surface area (Å²) in [5, 5.41) is 6.29. The summed E-state index contributed by atoms with van der Waals surface area (Å²) in [6, 6.07) is 8.07. The highest BCUT2D eigenvalue weighted by Gasteiger charge is 2.30. The molecule has 1 aromatic carbocycles. The number of ether oxygens (including phenoxy) is 1. The summed E-state index contributed by atoms with van der Waals surface area (Å²) >= 11 is 0. The molecule has 2 atom stereocenters. The first-order chi connectivity index (χ1) is 9.92. The van der Waals surface area contributed by atoms with Gasteiger partial charge in [0.25, 0.3) is 0 Å². The van der Waals surface area contributed by atoms with E-state index in [9.17, 15) is 4.79 Å². The SMILES string of the molecule is Cc1ccccc1C(C)(C)CNC(=O)[C@H]1NCCO[C@@H]1C. The second-order valence-electron chi connectivity index (χ2n) is 6.42. The molecule has 1 aliphatic rings. The topological polar surface area (TPSA) is 50.4 Å². The van der Waals surface area contributed by atoms with Crippen molar-refractivity contribution in [3.05, 3.63) is 35.4 Å². The fourth-order valence-electron chi connectivity index (χ4n) is 2.87. The Hall–Kier alpha value is -1.39. The number of hydrogen-bond acceptors (Lipinski definition) is 3. The van der Waals surface area contributed by atoms with Gasteiger partial charge < -0.3 is 15.4 Å². The highest BCUT2D eigenvalue weighted by atomic mass is 16.5. The number of hydrogen-bond donors (Lipinski definition) is 2. The Morgan fingerprint density at radius 3 is 2.81 bits per heavy atom. The van der Waals surface area contributed by atoms with Crippen LogP contribution >= 0.6 is 0 Å². The van der Waals surface area contributed by atoms with Gasteiger partial charge in [0.15, 0.2) is 0 Å². The Kier molecular flexibility index (Phi) is 5.01. The molecule has 0 aromatic heterocycles. The average molecular weight is 290 g/mol. The summed E-state index contributed by atoms with van der Waals surface area (Å²) in [5.74, 6) is 0.0175. The minimum atomic E-state index is -0.258. The Balaban J connectivity index is 1.98. The van der Waals surface area contributed by atoms with Gasteiger partial charge >= 0.3 is 0 Å². The monoisotopic (exact) mass is 290 g/mol. The van der Waals surface area contributed by atoms with Crippen LogP contribution in [0.4, 0.5) is 0 Å². The second kappa shape index (κ2) is 6.58. The molecule has 4 heteroatoms. The summed E-state index contributed by atoms with van der Waals surface area (Å²) in [7, 11) is 0. The van der Waals surface area contributed by atoms with Crippen LogP contribution < -0.4 is 10.6 Å². The van der Waals surface area contributed by atoms with E-state index in [1.807, 2.05) is 19.1 Å². The van der Waals surface area contributed by atoms with Crippen molar-refractivity contribution in [2.75, 3.05) is 19.7 Å². The predicted molar refractivity (Wildman–Crippen MR) is 84.4 cm³/mol. The fourth-order valence-corrected chi connectivity index (χ4v) is 2.87. The summed E-state index contributed by atoms with van der Waals surface area (Å²) in [6.07, 6.45) is -0.0830. The summed E-state index contributed by atoms with van der Waals surface area (Å²) in [4.78, 5) is 12.3. The molecule has 2 rings (SSSR count). The molecule has 1 fully saturated rings. The molecule has 0 unspecified atom stereocenters.